The summed E-state index contributed by atoms with van der Waals surface area (Å²) in [5.74, 6) is 0. The molecule has 1 aliphatic rings. The number of hydrogen-bond donors (Lipinski definition) is 1. The molecule has 1 heterocycles. The lowest BCUT2D eigenvalue weighted by Crippen LogP contribution is -2.19. The number of rotatable bonds is 4. The van der Waals surface area contributed by atoms with Crippen molar-refractivity contribution in [2.75, 3.05) is 6.54 Å². The number of nitrogens with zero attached hydrogens (tertiary/aromatic N) is 1. The fourth-order valence-corrected chi connectivity index (χ4v) is 1.46. The largest absolute Gasteiger partial charge is 0.314 e. The third-order valence-electron chi connectivity index (χ3n) is 2.49. The van der Waals surface area contributed by atoms with Gasteiger partial charge in [-0.25, -0.2) is 0 Å². The van der Waals surface area contributed by atoms with Gasteiger partial charge in [0, 0.05) is 30.9 Å². The van der Waals surface area contributed by atoms with Gasteiger partial charge in [-0.15, -0.1) is 0 Å². The highest BCUT2D eigenvalue weighted by molar-refractivity contribution is 5.17. The van der Waals surface area contributed by atoms with Gasteiger partial charge in [-0.2, -0.15) is 0 Å². The molecule has 2 nitrogen and oxygen atoms in total. The molecule has 2 rings (SSSR count). The molecule has 2 heteroatoms. The molecule has 0 spiro atoms. The van der Waals surface area contributed by atoms with Crippen molar-refractivity contribution in [2.45, 2.75) is 32.2 Å². The van der Waals surface area contributed by atoms with Crippen molar-refractivity contribution in [1.29, 1.82) is 0 Å². The topological polar surface area (TPSA) is 24.9 Å². The molecule has 0 aliphatic heterocycles. The second-order valence-corrected chi connectivity index (χ2v) is 3.75. The lowest BCUT2D eigenvalue weighted by Gasteiger charge is -2.04. The first-order valence-corrected chi connectivity index (χ1v) is 5.00. The summed E-state index contributed by atoms with van der Waals surface area (Å²) in [7, 11) is 0. The van der Waals surface area contributed by atoms with Crippen molar-refractivity contribution in [3.63, 3.8) is 0 Å². The van der Waals surface area contributed by atoms with Crippen LogP contribution in [-0.4, -0.2) is 17.6 Å². The summed E-state index contributed by atoms with van der Waals surface area (Å²) in [6.07, 6.45) is 5.66. The highest BCUT2D eigenvalue weighted by atomic mass is 14.9. The van der Waals surface area contributed by atoms with E-state index in [2.05, 4.69) is 23.3 Å². The SMILES string of the molecule is Cc1cccnc1CCNC1CC1. The molecule has 70 valence electrons. The van der Waals surface area contributed by atoms with E-state index in [4.69, 9.17) is 0 Å². The molecule has 0 unspecified atom stereocenters. The Morgan fingerprint density at radius 3 is 3.08 bits per heavy atom. The molecule has 0 amide bonds. The highest BCUT2D eigenvalue weighted by Gasteiger charge is 2.19. The predicted octanol–water partition coefficient (Wildman–Crippen LogP) is 1.68. The highest BCUT2D eigenvalue weighted by Crippen LogP contribution is 2.18. The van der Waals surface area contributed by atoms with E-state index in [1.54, 1.807) is 0 Å². The Hall–Kier alpha value is -0.890. The van der Waals surface area contributed by atoms with Crippen LogP contribution in [0.5, 0.6) is 0 Å². The number of nitrogens with one attached hydrogen (secondary N) is 1. The molecule has 1 aromatic heterocycles. The molecular formula is C11H16N2. The molecule has 1 saturated carbocycles. The normalized spacial score (nSPS) is 16.1. The minimum Gasteiger partial charge on any atom is -0.314 e. The van der Waals surface area contributed by atoms with E-state index >= 15 is 0 Å². The van der Waals surface area contributed by atoms with E-state index in [0.29, 0.717) is 0 Å². The number of hydrogen-bond acceptors (Lipinski definition) is 2. The molecule has 0 saturated heterocycles. The molecule has 1 aromatic rings. The third-order valence-corrected chi connectivity index (χ3v) is 2.49. The minimum absolute atomic E-state index is 0.809. The summed E-state index contributed by atoms with van der Waals surface area (Å²) < 4.78 is 0. The standard InChI is InChI=1S/C11H16N2/c1-9-3-2-7-13-11(9)6-8-12-10-4-5-10/h2-3,7,10,12H,4-6,8H2,1H3. The number of aryl methyl sites for hydroxylation is 1. The van der Waals surface area contributed by atoms with E-state index in [0.717, 1.165) is 19.0 Å². The van der Waals surface area contributed by atoms with Crippen molar-refractivity contribution in [1.82, 2.24) is 10.3 Å². The lowest BCUT2D eigenvalue weighted by atomic mass is 10.2. The second kappa shape index (κ2) is 3.88. The zero-order chi connectivity index (χ0) is 9.10. The molecular weight excluding hydrogens is 160 g/mol. The zero-order valence-corrected chi connectivity index (χ0v) is 8.09. The van der Waals surface area contributed by atoms with Crippen LogP contribution in [0.15, 0.2) is 18.3 Å². The van der Waals surface area contributed by atoms with Gasteiger partial charge in [0.1, 0.15) is 0 Å². The molecule has 13 heavy (non-hydrogen) atoms. The fourth-order valence-electron chi connectivity index (χ4n) is 1.46. The second-order valence-electron chi connectivity index (χ2n) is 3.75. The average molecular weight is 176 g/mol. The number of aromatic nitrogens is 1. The quantitative estimate of drug-likeness (QED) is 0.755. The van der Waals surface area contributed by atoms with Gasteiger partial charge >= 0.3 is 0 Å². The van der Waals surface area contributed by atoms with E-state index in [-0.39, 0.29) is 0 Å². The van der Waals surface area contributed by atoms with Crippen LogP contribution in [0.3, 0.4) is 0 Å². The van der Waals surface area contributed by atoms with Gasteiger partial charge in [-0.3, -0.25) is 4.98 Å². The first kappa shape index (κ1) is 8.70. The van der Waals surface area contributed by atoms with Crippen molar-refractivity contribution in [3.05, 3.63) is 29.6 Å². The summed E-state index contributed by atoms with van der Waals surface area (Å²) in [5, 5.41) is 3.49. The first-order valence-electron chi connectivity index (χ1n) is 5.00. The van der Waals surface area contributed by atoms with E-state index in [1.165, 1.54) is 24.1 Å². The minimum atomic E-state index is 0.809. The van der Waals surface area contributed by atoms with Gasteiger partial charge in [0.15, 0.2) is 0 Å². The van der Waals surface area contributed by atoms with Crippen molar-refractivity contribution >= 4 is 0 Å². The first-order chi connectivity index (χ1) is 6.36. The summed E-state index contributed by atoms with van der Waals surface area (Å²) in [5.41, 5.74) is 2.54. The Morgan fingerprint density at radius 2 is 2.38 bits per heavy atom. The van der Waals surface area contributed by atoms with Crippen molar-refractivity contribution in [2.24, 2.45) is 0 Å². The van der Waals surface area contributed by atoms with E-state index in [9.17, 15) is 0 Å². The Kier molecular flexibility index (Phi) is 2.60. The lowest BCUT2D eigenvalue weighted by molar-refractivity contribution is 0.673. The van der Waals surface area contributed by atoms with Gasteiger partial charge in [-0.05, 0) is 31.4 Å². The van der Waals surface area contributed by atoms with Crippen LogP contribution in [0.4, 0.5) is 0 Å². The Bertz CT molecular complexity index is 279. The zero-order valence-electron chi connectivity index (χ0n) is 8.09. The molecule has 0 radical (unpaired) electrons. The molecule has 1 N–H and O–H groups in total. The van der Waals surface area contributed by atoms with Crippen LogP contribution in [0.25, 0.3) is 0 Å². The molecule has 1 aliphatic carbocycles. The molecule has 0 bridgehead atoms. The smallest absolute Gasteiger partial charge is 0.0445 e. The van der Waals surface area contributed by atoms with Crippen LogP contribution >= 0.6 is 0 Å². The maximum absolute atomic E-state index is 4.36. The Balaban J connectivity index is 1.82. The summed E-state index contributed by atoms with van der Waals surface area (Å²) >= 11 is 0. The maximum Gasteiger partial charge on any atom is 0.0445 e. The van der Waals surface area contributed by atoms with Crippen LogP contribution in [0, 0.1) is 6.92 Å². The average Bonchev–Trinajstić information content (AvgIpc) is 2.92. The van der Waals surface area contributed by atoms with Gasteiger partial charge in [0.25, 0.3) is 0 Å². The summed E-state index contributed by atoms with van der Waals surface area (Å²) in [6.45, 7) is 3.20. The van der Waals surface area contributed by atoms with Crippen molar-refractivity contribution < 1.29 is 0 Å². The summed E-state index contributed by atoms with van der Waals surface area (Å²) in [4.78, 5) is 4.36. The van der Waals surface area contributed by atoms with Gasteiger partial charge in [0.05, 0.1) is 0 Å². The van der Waals surface area contributed by atoms with Gasteiger partial charge < -0.3 is 5.32 Å². The fraction of sp³-hybridized carbons (Fsp3) is 0.545. The summed E-state index contributed by atoms with van der Waals surface area (Å²) in [6, 6.07) is 4.93. The Labute approximate surface area is 79.4 Å². The molecule has 0 aromatic carbocycles. The van der Waals surface area contributed by atoms with E-state index in [1.807, 2.05) is 12.3 Å². The third kappa shape index (κ3) is 2.52. The predicted molar refractivity (Wildman–Crippen MR) is 53.7 cm³/mol. The van der Waals surface area contributed by atoms with Crippen LogP contribution < -0.4 is 5.32 Å². The van der Waals surface area contributed by atoms with E-state index < -0.39 is 0 Å². The van der Waals surface area contributed by atoms with Crippen molar-refractivity contribution in [3.8, 4) is 0 Å². The van der Waals surface area contributed by atoms with Crippen LogP contribution in [-0.2, 0) is 6.42 Å². The van der Waals surface area contributed by atoms with Crippen LogP contribution in [0.2, 0.25) is 0 Å². The van der Waals surface area contributed by atoms with Crippen LogP contribution in [0.1, 0.15) is 24.1 Å². The maximum atomic E-state index is 4.36. The Morgan fingerprint density at radius 1 is 1.54 bits per heavy atom. The monoisotopic (exact) mass is 176 g/mol. The van der Waals surface area contributed by atoms with Gasteiger partial charge in [-0.1, -0.05) is 6.07 Å². The number of pyridine rings is 1. The molecule has 1 fully saturated rings. The molecule has 0 atom stereocenters. The van der Waals surface area contributed by atoms with Gasteiger partial charge in [0.2, 0.25) is 0 Å².